The van der Waals surface area contributed by atoms with Crippen LogP contribution in [0.4, 0.5) is 4.39 Å². The van der Waals surface area contributed by atoms with Crippen LogP contribution < -0.4 is 5.32 Å². The van der Waals surface area contributed by atoms with Crippen LogP contribution in [0, 0.1) is 5.82 Å². The van der Waals surface area contributed by atoms with E-state index in [1.54, 1.807) is 12.1 Å². The van der Waals surface area contributed by atoms with E-state index in [4.69, 9.17) is 5.10 Å². The minimum atomic E-state index is -0.217. The van der Waals surface area contributed by atoms with Gasteiger partial charge in [0.1, 0.15) is 5.82 Å². The highest BCUT2D eigenvalue weighted by Crippen LogP contribution is 2.31. The normalized spacial score (nSPS) is 15.2. The van der Waals surface area contributed by atoms with Crippen LogP contribution in [0.5, 0.6) is 0 Å². The smallest absolute Gasteiger partial charge is 0.123 e. The van der Waals surface area contributed by atoms with Gasteiger partial charge in [0.25, 0.3) is 0 Å². The summed E-state index contributed by atoms with van der Waals surface area (Å²) >= 11 is 0. The van der Waals surface area contributed by atoms with E-state index < -0.39 is 0 Å². The van der Waals surface area contributed by atoms with Gasteiger partial charge in [-0.15, -0.1) is 0 Å². The SMILES string of the molecule is CC(C)(C)n1nc(-c2cccc(F)c2)c2c1CCNC2. The first kappa shape index (κ1) is 13.3. The molecule has 3 nitrogen and oxygen atoms in total. The number of hydrogen-bond donors (Lipinski definition) is 1. The highest BCUT2D eigenvalue weighted by atomic mass is 19.1. The lowest BCUT2D eigenvalue weighted by Crippen LogP contribution is -2.30. The van der Waals surface area contributed by atoms with Crippen molar-refractivity contribution in [2.45, 2.75) is 39.3 Å². The van der Waals surface area contributed by atoms with Crippen LogP contribution in [-0.2, 0) is 18.5 Å². The molecule has 1 N–H and O–H groups in total. The van der Waals surface area contributed by atoms with Crippen molar-refractivity contribution in [3.8, 4) is 11.3 Å². The number of rotatable bonds is 1. The first-order chi connectivity index (χ1) is 9.47. The molecule has 0 saturated heterocycles. The Morgan fingerprint density at radius 2 is 2.10 bits per heavy atom. The first-order valence-corrected chi connectivity index (χ1v) is 7.05. The van der Waals surface area contributed by atoms with E-state index in [9.17, 15) is 4.39 Å². The second-order valence-corrected chi connectivity index (χ2v) is 6.29. The average Bonchev–Trinajstić information content (AvgIpc) is 2.78. The standard InChI is InChI=1S/C16H20FN3/c1-16(2,3)20-14-7-8-18-10-13(14)15(19-20)11-5-4-6-12(17)9-11/h4-6,9,18H,7-8,10H2,1-3H3. The maximum Gasteiger partial charge on any atom is 0.123 e. The van der Waals surface area contributed by atoms with E-state index in [2.05, 4.69) is 30.8 Å². The van der Waals surface area contributed by atoms with Gasteiger partial charge < -0.3 is 5.32 Å². The van der Waals surface area contributed by atoms with Crippen molar-refractivity contribution in [3.05, 3.63) is 41.3 Å². The Labute approximate surface area is 118 Å². The van der Waals surface area contributed by atoms with Gasteiger partial charge in [0.2, 0.25) is 0 Å². The summed E-state index contributed by atoms with van der Waals surface area (Å²) in [4.78, 5) is 0. The predicted molar refractivity (Wildman–Crippen MR) is 78.0 cm³/mol. The van der Waals surface area contributed by atoms with Crippen molar-refractivity contribution in [3.63, 3.8) is 0 Å². The Morgan fingerprint density at radius 3 is 2.80 bits per heavy atom. The van der Waals surface area contributed by atoms with Gasteiger partial charge in [-0.1, -0.05) is 12.1 Å². The Bertz CT molecular complexity index is 638. The van der Waals surface area contributed by atoms with Gasteiger partial charge >= 0.3 is 0 Å². The van der Waals surface area contributed by atoms with Crippen LogP contribution in [0.1, 0.15) is 32.0 Å². The number of aromatic nitrogens is 2. The molecule has 0 unspecified atom stereocenters. The highest BCUT2D eigenvalue weighted by Gasteiger charge is 2.26. The largest absolute Gasteiger partial charge is 0.312 e. The molecule has 1 aliphatic heterocycles. The van der Waals surface area contributed by atoms with Crippen LogP contribution in [0.15, 0.2) is 24.3 Å². The molecule has 0 radical (unpaired) electrons. The van der Waals surface area contributed by atoms with E-state index in [-0.39, 0.29) is 11.4 Å². The van der Waals surface area contributed by atoms with Gasteiger partial charge in [-0.2, -0.15) is 5.10 Å². The van der Waals surface area contributed by atoms with Crippen molar-refractivity contribution >= 4 is 0 Å². The molecule has 106 valence electrons. The van der Waals surface area contributed by atoms with Crippen LogP contribution in [0.25, 0.3) is 11.3 Å². The van der Waals surface area contributed by atoms with Crippen molar-refractivity contribution in [2.75, 3.05) is 6.54 Å². The van der Waals surface area contributed by atoms with Crippen LogP contribution in [0.3, 0.4) is 0 Å². The Balaban J connectivity index is 2.19. The van der Waals surface area contributed by atoms with E-state index in [0.29, 0.717) is 0 Å². The Morgan fingerprint density at radius 1 is 1.30 bits per heavy atom. The lowest BCUT2D eigenvalue weighted by atomic mass is 10.0. The molecular weight excluding hydrogens is 253 g/mol. The highest BCUT2D eigenvalue weighted by molar-refractivity contribution is 5.64. The lowest BCUT2D eigenvalue weighted by molar-refractivity contribution is 0.340. The third-order valence-electron chi connectivity index (χ3n) is 3.66. The summed E-state index contributed by atoms with van der Waals surface area (Å²) in [7, 11) is 0. The Hall–Kier alpha value is -1.68. The zero-order valence-corrected chi connectivity index (χ0v) is 12.2. The summed E-state index contributed by atoms with van der Waals surface area (Å²) in [6.07, 6.45) is 0.967. The van der Waals surface area contributed by atoms with Gasteiger partial charge in [-0.3, -0.25) is 4.68 Å². The van der Waals surface area contributed by atoms with E-state index >= 15 is 0 Å². The number of nitrogens with one attached hydrogen (secondary N) is 1. The van der Waals surface area contributed by atoms with Gasteiger partial charge in [-0.05, 0) is 32.9 Å². The monoisotopic (exact) mass is 273 g/mol. The fraction of sp³-hybridized carbons (Fsp3) is 0.438. The maximum atomic E-state index is 13.5. The molecule has 0 aliphatic carbocycles. The van der Waals surface area contributed by atoms with Crippen LogP contribution in [0.2, 0.25) is 0 Å². The predicted octanol–water partition coefficient (Wildman–Crippen LogP) is 3.09. The summed E-state index contributed by atoms with van der Waals surface area (Å²) in [6.45, 7) is 8.22. The molecule has 0 fully saturated rings. The molecule has 20 heavy (non-hydrogen) atoms. The molecule has 2 heterocycles. The molecule has 0 atom stereocenters. The molecule has 1 aromatic carbocycles. The van der Waals surface area contributed by atoms with Gasteiger partial charge in [0, 0.05) is 36.3 Å². The third kappa shape index (κ3) is 2.24. The molecule has 1 aliphatic rings. The molecule has 0 spiro atoms. The summed E-state index contributed by atoms with van der Waals surface area (Å²) in [5.74, 6) is -0.217. The summed E-state index contributed by atoms with van der Waals surface area (Å²) < 4.78 is 15.6. The first-order valence-electron chi connectivity index (χ1n) is 7.05. The molecule has 0 saturated carbocycles. The molecule has 2 aromatic rings. The van der Waals surface area contributed by atoms with E-state index in [1.165, 1.54) is 17.3 Å². The zero-order chi connectivity index (χ0) is 14.3. The van der Waals surface area contributed by atoms with E-state index in [0.717, 1.165) is 30.8 Å². The quantitative estimate of drug-likeness (QED) is 0.865. The number of fused-ring (bicyclic) bond motifs is 1. The van der Waals surface area contributed by atoms with E-state index in [1.807, 2.05) is 6.07 Å². The second-order valence-electron chi connectivity index (χ2n) is 6.29. The number of halogens is 1. The fourth-order valence-corrected chi connectivity index (χ4v) is 2.77. The van der Waals surface area contributed by atoms with Gasteiger partial charge in [-0.25, -0.2) is 4.39 Å². The summed E-state index contributed by atoms with van der Waals surface area (Å²) in [6, 6.07) is 6.69. The lowest BCUT2D eigenvalue weighted by Gasteiger charge is -2.24. The Kier molecular flexibility index (Phi) is 3.13. The second kappa shape index (κ2) is 4.70. The average molecular weight is 273 g/mol. The van der Waals surface area contributed by atoms with Crippen molar-refractivity contribution < 1.29 is 4.39 Å². The van der Waals surface area contributed by atoms with Crippen molar-refractivity contribution in [1.29, 1.82) is 0 Å². The molecule has 1 aromatic heterocycles. The number of benzene rings is 1. The molecule has 4 heteroatoms. The minimum absolute atomic E-state index is 0.0625. The molecule has 0 amide bonds. The van der Waals surface area contributed by atoms with Crippen molar-refractivity contribution in [1.82, 2.24) is 15.1 Å². The fourth-order valence-electron chi connectivity index (χ4n) is 2.77. The summed E-state index contributed by atoms with van der Waals surface area (Å²) in [5.41, 5.74) is 4.18. The van der Waals surface area contributed by atoms with Crippen molar-refractivity contribution in [2.24, 2.45) is 0 Å². The summed E-state index contributed by atoms with van der Waals surface area (Å²) in [5, 5.41) is 8.17. The third-order valence-corrected chi connectivity index (χ3v) is 3.66. The van der Waals surface area contributed by atoms with Gasteiger partial charge in [0.15, 0.2) is 0 Å². The minimum Gasteiger partial charge on any atom is -0.312 e. The van der Waals surface area contributed by atoms with Crippen LogP contribution in [-0.4, -0.2) is 16.3 Å². The topological polar surface area (TPSA) is 29.9 Å². The molecule has 0 bridgehead atoms. The molecule has 3 rings (SSSR count). The number of hydrogen-bond acceptors (Lipinski definition) is 2. The maximum absolute atomic E-state index is 13.5. The van der Waals surface area contributed by atoms with Crippen LogP contribution >= 0.6 is 0 Å². The zero-order valence-electron chi connectivity index (χ0n) is 12.2. The van der Waals surface area contributed by atoms with Gasteiger partial charge in [0.05, 0.1) is 11.2 Å². The number of nitrogens with zero attached hydrogens (tertiary/aromatic N) is 2. The molecular formula is C16H20FN3.